The molecule has 39 heavy (non-hydrogen) atoms. The molecule has 0 atom stereocenters. The molecule has 2 aromatic rings. The molecule has 212 valence electrons. The molecule has 2 rings (SSSR count). The van der Waals surface area contributed by atoms with Crippen LogP contribution in [0.4, 0.5) is 0 Å². The topological polar surface area (TPSA) is 93.1 Å². The van der Waals surface area contributed by atoms with E-state index < -0.39 is 0 Å². The highest BCUT2D eigenvalue weighted by Crippen LogP contribution is 2.40. The lowest BCUT2D eigenvalue weighted by Gasteiger charge is -2.35. The van der Waals surface area contributed by atoms with Gasteiger partial charge < -0.3 is 19.7 Å². The second kappa shape index (κ2) is 15.8. The van der Waals surface area contributed by atoms with Gasteiger partial charge in [-0.25, -0.2) is 0 Å². The Morgan fingerprint density at radius 2 is 1.41 bits per heavy atom. The quantitative estimate of drug-likeness (QED) is 0.158. The number of ketones is 2. The van der Waals surface area contributed by atoms with Crippen molar-refractivity contribution in [2.75, 3.05) is 7.11 Å². The summed E-state index contributed by atoms with van der Waals surface area (Å²) in [4.78, 5) is 25.0. The maximum atomic E-state index is 12.6. The normalized spacial score (nSPS) is 11.8. The van der Waals surface area contributed by atoms with Gasteiger partial charge in [-0.2, -0.15) is 0 Å². The Hall–Kier alpha value is -3.54. The number of phenols is 2. The third-order valence-electron chi connectivity index (χ3n) is 6.67. The van der Waals surface area contributed by atoms with E-state index in [0.717, 1.165) is 56.1 Å². The monoisotopic (exact) mass is 536 g/mol. The summed E-state index contributed by atoms with van der Waals surface area (Å²) in [7, 11) is 1.45. The van der Waals surface area contributed by atoms with E-state index in [1.165, 1.54) is 25.3 Å². The summed E-state index contributed by atoms with van der Waals surface area (Å²) in [6.45, 7) is 8.52. The summed E-state index contributed by atoms with van der Waals surface area (Å²) in [5.74, 6) is 0.288. The summed E-state index contributed by atoms with van der Waals surface area (Å²) < 4.78 is 11.8. The molecule has 0 aromatic heterocycles. The highest BCUT2D eigenvalue weighted by atomic mass is 16.5. The Morgan fingerprint density at radius 3 is 1.97 bits per heavy atom. The van der Waals surface area contributed by atoms with Crippen LogP contribution in [-0.4, -0.2) is 34.5 Å². The average molecular weight is 537 g/mol. The van der Waals surface area contributed by atoms with Crippen LogP contribution in [0, 0.1) is 0 Å². The van der Waals surface area contributed by atoms with Gasteiger partial charge in [-0.05, 0) is 67.2 Å². The zero-order valence-electron chi connectivity index (χ0n) is 24.1. The number of carbonyl (C=O) groups excluding carboxylic acids is 2. The molecule has 0 fully saturated rings. The van der Waals surface area contributed by atoms with Crippen molar-refractivity contribution in [3.63, 3.8) is 0 Å². The Morgan fingerprint density at radius 1 is 0.821 bits per heavy atom. The molecule has 6 nitrogen and oxygen atoms in total. The molecule has 0 aliphatic carbocycles. The number of ether oxygens (including phenoxy) is 2. The molecule has 0 radical (unpaired) electrons. The molecular weight excluding hydrogens is 492 g/mol. The fourth-order valence-electron chi connectivity index (χ4n) is 4.98. The Balaban J connectivity index is 2.24. The maximum Gasteiger partial charge on any atom is 0.165 e. The number of allylic oxidation sites excluding steroid dienone is 2. The first-order valence-electron chi connectivity index (χ1n) is 14.0. The number of carbonyl (C=O) groups is 2. The van der Waals surface area contributed by atoms with Gasteiger partial charge in [0.2, 0.25) is 0 Å². The fraction of sp³-hybridized carbons (Fsp3) is 0.455. The van der Waals surface area contributed by atoms with Crippen LogP contribution in [0.2, 0.25) is 0 Å². The number of rotatable bonds is 17. The summed E-state index contributed by atoms with van der Waals surface area (Å²) in [5, 5.41) is 20.5. The predicted molar refractivity (Wildman–Crippen MR) is 158 cm³/mol. The molecule has 0 saturated heterocycles. The van der Waals surface area contributed by atoms with Crippen LogP contribution in [0.25, 0.3) is 12.2 Å². The number of hydrogen-bond acceptors (Lipinski definition) is 6. The van der Waals surface area contributed by atoms with Crippen molar-refractivity contribution in [3.05, 3.63) is 59.2 Å². The molecule has 0 aliphatic rings. The largest absolute Gasteiger partial charge is 0.504 e. The molecule has 0 saturated carbocycles. The van der Waals surface area contributed by atoms with E-state index in [-0.39, 0.29) is 35.1 Å². The van der Waals surface area contributed by atoms with Crippen molar-refractivity contribution in [2.24, 2.45) is 0 Å². The molecule has 0 amide bonds. The van der Waals surface area contributed by atoms with Crippen molar-refractivity contribution in [2.45, 2.75) is 91.1 Å². The zero-order valence-corrected chi connectivity index (χ0v) is 24.1. The lowest BCUT2D eigenvalue weighted by Crippen LogP contribution is -2.36. The van der Waals surface area contributed by atoms with E-state index in [2.05, 4.69) is 27.7 Å². The number of aromatic hydroxyl groups is 2. The highest BCUT2D eigenvalue weighted by Gasteiger charge is 2.32. The van der Waals surface area contributed by atoms with Crippen LogP contribution in [0.5, 0.6) is 23.0 Å². The van der Waals surface area contributed by atoms with Crippen LogP contribution in [-0.2, 0) is 16.0 Å². The highest BCUT2D eigenvalue weighted by molar-refractivity contribution is 6.11. The van der Waals surface area contributed by atoms with Crippen molar-refractivity contribution in [1.82, 2.24) is 0 Å². The lowest BCUT2D eigenvalue weighted by atomic mass is 9.87. The first-order valence-corrected chi connectivity index (χ1v) is 14.0. The number of phenolic OH excluding ortho intramolecular Hbond substituents is 2. The van der Waals surface area contributed by atoms with E-state index in [4.69, 9.17) is 9.47 Å². The van der Waals surface area contributed by atoms with Crippen LogP contribution in [0.15, 0.2) is 42.5 Å². The van der Waals surface area contributed by atoms with Gasteiger partial charge in [-0.3, -0.25) is 9.59 Å². The summed E-state index contributed by atoms with van der Waals surface area (Å²) in [6.07, 6.45) is 13.0. The number of methoxy groups -OCH3 is 1. The third-order valence-corrected chi connectivity index (χ3v) is 6.67. The zero-order chi connectivity index (χ0) is 28.8. The van der Waals surface area contributed by atoms with Gasteiger partial charge in [-0.15, -0.1) is 0 Å². The Kier molecular flexibility index (Phi) is 12.8. The van der Waals surface area contributed by atoms with E-state index in [1.807, 2.05) is 0 Å². The molecule has 0 heterocycles. The third kappa shape index (κ3) is 9.31. The summed E-state index contributed by atoms with van der Waals surface area (Å²) >= 11 is 0. The van der Waals surface area contributed by atoms with Gasteiger partial charge in [0.1, 0.15) is 5.60 Å². The minimum atomic E-state index is -0.337. The van der Waals surface area contributed by atoms with Crippen LogP contribution >= 0.6 is 0 Å². The smallest absolute Gasteiger partial charge is 0.165 e. The van der Waals surface area contributed by atoms with Gasteiger partial charge in [0.15, 0.2) is 34.6 Å². The second-order valence-electron chi connectivity index (χ2n) is 9.97. The van der Waals surface area contributed by atoms with Crippen LogP contribution < -0.4 is 9.47 Å². The first-order chi connectivity index (χ1) is 18.7. The summed E-state index contributed by atoms with van der Waals surface area (Å²) in [6, 6.07) is 8.15. The number of benzene rings is 2. The Labute approximate surface area is 233 Å². The number of hydrogen-bond donors (Lipinski definition) is 2. The fourth-order valence-corrected chi connectivity index (χ4v) is 4.98. The molecular formula is C33H44O6. The first kappa shape index (κ1) is 31.7. The van der Waals surface area contributed by atoms with Gasteiger partial charge in [-0.1, -0.05) is 77.7 Å². The molecule has 0 aliphatic heterocycles. The molecule has 0 unspecified atom stereocenters. The van der Waals surface area contributed by atoms with E-state index >= 15 is 0 Å². The molecule has 0 spiro atoms. The van der Waals surface area contributed by atoms with Crippen LogP contribution in [0.1, 0.15) is 95.8 Å². The van der Waals surface area contributed by atoms with E-state index in [0.29, 0.717) is 23.5 Å². The van der Waals surface area contributed by atoms with Gasteiger partial charge in [0.25, 0.3) is 0 Å². The molecule has 2 aromatic carbocycles. The second-order valence-corrected chi connectivity index (χ2v) is 9.97. The molecule has 6 heteroatoms. The maximum absolute atomic E-state index is 12.6. The van der Waals surface area contributed by atoms with Crippen molar-refractivity contribution < 1.29 is 29.3 Å². The van der Waals surface area contributed by atoms with E-state index in [9.17, 15) is 19.8 Å². The van der Waals surface area contributed by atoms with Gasteiger partial charge in [0, 0.05) is 5.56 Å². The van der Waals surface area contributed by atoms with E-state index in [1.54, 1.807) is 36.4 Å². The van der Waals surface area contributed by atoms with Gasteiger partial charge >= 0.3 is 0 Å². The Bertz CT molecular complexity index is 1140. The van der Waals surface area contributed by atoms with Crippen molar-refractivity contribution >= 4 is 23.7 Å². The predicted octanol–water partition coefficient (Wildman–Crippen LogP) is 7.83. The van der Waals surface area contributed by atoms with Gasteiger partial charge in [0.05, 0.1) is 13.5 Å². The standard InChI is InChI=1S/C33H44O6/c1-6-10-28-25(14-18-30(37)32(28)39-33(19-7-2,20-8-3)21-9-4)13-16-27(35)23-26(34)15-11-24-12-17-29(36)31(22-24)38-5/h11-18,22,36-37H,6-10,19-21,23H2,1-5H3/b15-11+,16-13+. The molecule has 2 N–H and O–H groups in total. The molecule has 0 bridgehead atoms. The average Bonchev–Trinajstić information content (AvgIpc) is 2.90. The minimum absolute atomic E-state index is 0.0123. The lowest BCUT2D eigenvalue weighted by molar-refractivity contribution is -0.121. The minimum Gasteiger partial charge on any atom is -0.504 e. The van der Waals surface area contributed by atoms with Crippen molar-refractivity contribution in [1.29, 1.82) is 0 Å². The van der Waals surface area contributed by atoms with Crippen LogP contribution in [0.3, 0.4) is 0 Å². The summed E-state index contributed by atoms with van der Waals surface area (Å²) in [5.41, 5.74) is 2.01. The van der Waals surface area contributed by atoms with Crippen molar-refractivity contribution in [3.8, 4) is 23.0 Å². The SMILES string of the molecule is CCCc1c(/C=C/C(=O)CC(=O)/C=C/c2ccc(O)c(OC)c2)ccc(O)c1OC(CCC)(CCC)CCC.